The second-order valence-corrected chi connectivity index (χ2v) is 4.91. The molecule has 0 aromatic heterocycles. The summed E-state index contributed by atoms with van der Waals surface area (Å²) in [6.45, 7) is 0.256. The van der Waals surface area contributed by atoms with Crippen LogP contribution in [0.3, 0.4) is 0 Å². The topological polar surface area (TPSA) is 177 Å². The van der Waals surface area contributed by atoms with Crippen LogP contribution in [0, 0.1) is 0 Å². The zero-order chi connectivity index (χ0) is 16.4. The molecule has 0 aromatic carbocycles. The van der Waals surface area contributed by atoms with Crippen molar-refractivity contribution in [3.05, 3.63) is 0 Å². The van der Waals surface area contributed by atoms with E-state index in [-0.39, 0.29) is 29.6 Å². The number of amides is 1. The summed E-state index contributed by atoms with van der Waals surface area (Å²) in [7, 11) is 0. The van der Waals surface area contributed by atoms with E-state index in [9.17, 15) is 30.0 Å². The number of carboxylic acid groups (broad SMARTS) is 1. The Labute approximate surface area is 148 Å². The quantitative estimate of drug-likeness (QED) is 0.241. The zero-order valence-electron chi connectivity index (χ0n) is 12.2. The molecule has 1 heterocycles. The van der Waals surface area contributed by atoms with E-state index in [0.29, 0.717) is 0 Å². The van der Waals surface area contributed by atoms with Crippen LogP contribution in [0.25, 0.3) is 0 Å². The van der Waals surface area contributed by atoms with Gasteiger partial charge in [-0.1, -0.05) is 0 Å². The number of hydrogen-bond acceptors (Lipinski definition) is 8. The van der Waals surface area contributed by atoms with Crippen molar-refractivity contribution in [3.63, 3.8) is 0 Å². The van der Waals surface area contributed by atoms with E-state index >= 15 is 0 Å². The fourth-order valence-corrected chi connectivity index (χ4v) is 2.14. The van der Waals surface area contributed by atoms with Gasteiger partial charge in [0.05, 0.1) is 18.8 Å². The zero-order valence-corrected chi connectivity index (χ0v) is 14.2. The molecule has 0 aromatic rings. The number of rotatable bonds is 5. The van der Waals surface area contributed by atoms with Crippen molar-refractivity contribution in [2.45, 2.75) is 49.6 Å². The van der Waals surface area contributed by atoms with Gasteiger partial charge in [0.2, 0.25) is 5.91 Å². The Morgan fingerprint density at radius 3 is 2.36 bits per heavy atom. The second-order valence-electron chi connectivity index (χ2n) is 4.91. The molecule has 1 rings (SSSR count). The van der Waals surface area contributed by atoms with E-state index in [1.807, 2.05) is 0 Å². The summed E-state index contributed by atoms with van der Waals surface area (Å²) in [6, 6.07) is -1.27. The van der Waals surface area contributed by atoms with Gasteiger partial charge < -0.3 is 40.7 Å². The maximum atomic E-state index is 11.1. The van der Waals surface area contributed by atoms with E-state index in [2.05, 4.69) is 5.32 Å². The molecule has 1 aliphatic heterocycles. The Balaban J connectivity index is 0.00000441. The fraction of sp³-hybridized carbons (Fsp3) is 0.818. The molecule has 10 nitrogen and oxygen atoms in total. The number of carboxylic acids is 1. The molecule has 0 unspecified atom stereocenters. The Morgan fingerprint density at radius 1 is 1.41 bits per heavy atom. The summed E-state index contributed by atoms with van der Waals surface area (Å²) in [5.41, 5.74) is 0. The van der Waals surface area contributed by atoms with E-state index in [4.69, 9.17) is 14.9 Å². The summed E-state index contributed by atoms with van der Waals surface area (Å²) in [5.74, 6) is -5.17. The molecule has 6 atom stereocenters. The number of carbonyl (C=O) groups is 2. The van der Waals surface area contributed by atoms with E-state index in [0.717, 1.165) is 6.92 Å². The molecule has 1 amide bonds. The number of ether oxygens (including phenoxy) is 1. The van der Waals surface area contributed by atoms with Crippen molar-refractivity contribution in [1.82, 2.24) is 5.32 Å². The van der Waals surface area contributed by atoms with Crippen molar-refractivity contribution in [2.75, 3.05) is 6.61 Å². The Bertz CT molecular complexity index is 409. The van der Waals surface area contributed by atoms with Gasteiger partial charge in [0, 0.05) is 13.3 Å². The first kappa shape index (κ1) is 21.7. The van der Waals surface area contributed by atoms with Crippen LogP contribution in [0.5, 0.6) is 0 Å². The Kier molecular flexibility index (Phi) is 8.41. The van der Waals surface area contributed by atoms with E-state index in [1.54, 1.807) is 0 Å². The van der Waals surface area contributed by atoms with Crippen LogP contribution in [0.15, 0.2) is 0 Å². The molecule has 0 radical (unpaired) electrons. The average Bonchev–Trinajstić information content (AvgIpc) is 2.39. The predicted octanol–water partition coefficient (Wildman–Crippen LogP) is -6.87. The summed E-state index contributed by atoms with van der Waals surface area (Å²) in [4.78, 5) is 22.1. The molecule has 0 aliphatic carbocycles. The molecule has 0 spiro atoms. The van der Waals surface area contributed by atoms with Crippen molar-refractivity contribution in [2.24, 2.45) is 0 Å². The van der Waals surface area contributed by atoms with Gasteiger partial charge >= 0.3 is 35.5 Å². The van der Waals surface area contributed by atoms with Crippen LogP contribution < -0.4 is 34.9 Å². The van der Waals surface area contributed by atoms with Crippen molar-refractivity contribution in [1.29, 1.82) is 0 Å². The summed E-state index contributed by atoms with van der Waals surface area (Å²) < 4.78 is 4.86. The Hall–Kier alpha value is -0.300. The largest absolute Gasteiger partial charge is 1.00 e. The van der Waals surface area contributed by atoms with Crippen molar-refractivity contribution < 1.29 is 74.5 Å². The third kappa shape index (κ3) is 4.85. The van der Waals surface area contributed by atoms with Gasteiger partial charge in [0.15, 0.2) is 0 Å². The van der Waals surface area contributed by atoms with Gasteiger partial charge in [-0.2, -0.15) is 0 Å². The van der Waals surface area contributed by atoms with Crippen LogP contribution in [0.2, 0.25) is 0 Å². The van der Waals surface area contributed by atoms with Gasteiger partial charge in [-0.25, -0.2) is 4.79 Å². The fourth-order valence-electron chi connectivity index (χ4n) is 2.14. The predicted molar refractivity (Wildman–Crippen MR) is 64.8 cm³/mol. The van der Waals surface area contributed by atoms with Gasteiger partial charge in [-0.15, -0.1) is 0 Å². The van der Waals surface area contributed by atoms with Crippen LogP contribution in [-0.2, 0) is 14.3 Å². The molecule has 22 heavy (non-hydrogen) atoms. The molecule has 1 aliphatic rings. The minimum absolute atomic E-state index is 0. The van der Waals surface area contributed by atoms with Crippen LogP contribution in [-0.4, -0.2) is 85.4 Å². The number of aliphatic hydroxyl groups is 5. The molecule has 0 saturated carbocycles. The first-order valence-electron chi connectivity index (χ1n) is 6.18. The molecule has 122 valence electrons. The molecule has 1 fully saturated rings. The average molecular weight is 332 g/mol. The maximum absolute atomic E-state index is 11.1. The monoisotopic (exact) mass is 332 g/mol. The SMILES string of the molecule is CC(=O)N[C@H]1[C@H]([C@H](O)[C@H](O)CO)O[C@](O)(C(=O)O)C[C@@H]1O.[Na+]. The molecule has 11 heteroatoms. The van der Waals surface area contributed by atoms with Gasteiger partial charge in [0.1, 0.15) is 18.3 Å². The number of hydrogen-bond donors (Lipinski definition) is 7. The molecule has 7 N–H and O–H groups in total. The summed E-state index contributed by atoms with van der Waals surface area (Å²) >= 11 is 0. The number of carbonyl (C=O) groups excluding carboxylic acids is 1. The Morgan fingerprint density at radius 2 is 1.95 bits per heavy atom. The first-order chi connectivity index (χ1) is 9.62. The van der Waals surface area contributed by atoms with Gasteiger partial charge in [-0.3, -0.25) is 4.79 Å². The third-order valence-electron chi connectivity index (χ3n) is 3.21. The standard InChI is InChI=1S/C11H19NO9.Na/c1-4(14)12-7-5(15)2-11(20,10(18)19)21-9(7)8(17)6(16)3-13;/h5-9,13,15-17,20H,2-3H2,1H3,(H,12,14)(H,18,19);/q;+1/t5-,6+,7+,8+,9+,11-;/m0./s1. The first-order valence-corrected chi connectivity index (χ1v) is 6.18. The molecule has 1 saturated heterocycles. The minimum Gasteiger partial charge on any atom is -0.477 e. The molecular formula is C11H19NNaO9+. The number of aliphatic hydroxyl groups excluding tert-OH is 4. The third-order valence-corrected chi connectivity index (χ3v) is 3.21. The second kappa shape index (κ2) is 8.52. The molecular weight excluding hydrogens is 313 g/mol. The number of aliphatic carboxylic acids is 1. The maximum Gasteiger partial charge on any atom is 1.00 e. The van der Waals surface area contributed by atoms with Gasteiger partial charge in [-0.05, 0) is 0 Å². The number of nitrogens with one attached hydrogen (secondary N) is 1. The van der Waals surface area contributed by atoms with Gasteiger partial charge in [0.25, 0.3) is 5.79 Å². The van der Waals surface area contributed by atoms with Crippen molar-refractivity contribution >= 4 is 11.9 Å². The smallest absolute Gasteiger partial charge is 0.477 e. The van der Waals surface area contributed by atoms with E-state index in [1.165, 1.54) is 0 Å². The molecule has 0 bridgehead atoms. The summed E-state index contributed by atoms with van der Waals surface area (Å²) in [5, 5.41) is 59.0. The van der Waals surface area contributed by atoms with Crippen LogP contribution >= 0.6 is 0 Å². The van der Waals surface area contributed by atoms with E-state index < -0.39 is 61.1 Å². The van der Waals surface area contributed by atoms with Crippen molar-refractivity contribution in [3.8, 4) is 0 Å². The van der Waals surface area contributed by atoms with Crippen LogP contribution in [0.1, 0.15) is 13.3 Å². The van der Waals surface area contributed by atoms with Crippen LogP contribution in [0.4, 0.5) is 0 Å². The summed E-state index contributed by atoms with van der Waals surface area (Å²) in [6.07, 6.45) is -7.48. The normalized spacial score (nSPS) is 34.2. The minimum atomic E-state index is -2.78.